The predicted molar refractivity (Wildman–Crippen MR) is 89.4 cm³/mol. The summed E-state index contributed by atoms with van der Waals surface area (Å²) < 4.78 is 0.389. The lowest BCUT2D eigenvalue weighted by Gasteiger charge is -2.28. The molecule has 106 valence electrons. The van der Waals surface area contributed by atoms with E-state index in [-0.39, 0.29) is 0 Å². The van der Waals surface area contributed by atoms with Gasteiger partial charge in [0, 0.05) is 34.5 Å². The summed E-state index contributed by atoms with van der Waals surface area (Å²) in [5.74, 6) is 0. The first-order valence-electron chi connectivity index (χ1n) is 7.15. The lowest BCUT2D eigenvalue weighted by Crippen LogP contribution is -2.30. The van der Waals surface area contributed by atoms with Crippen LogP contribution in [0, 0.1) is 0 Å². The van der Waals surface area contributed by atoms with Gasteiger partial charge in [0.25, 0.3) is 0 Å². The highest BCUT2D eigenvalue weighted by molar-refractivity contribution is 8.00. The number of nitrogens with one attached hydrogen (secondary N) is 1. The van der Waals surface area contributed by atoms with Gasteiger partial charge >= 0.3 is 0 Å². The normalized spacial score (nSPS) is 17.4. The molecule has 1 aliphatic carbocycles. The lowest BCUT2D eigenvalue weighted by atomic mass is 10.1. The van der Waals surface area contributed by atoms with Crippen LogP contribution in [0.4, 0.5) is 11.4 Å². The van der Waals surface area contributed by atoms with Crippen LogP contribution in [0.2, 0.25) is 0 Å². The molecule has 0 unspecified atom stereocenters. The minimum atomic E-state index is 0.389. The van der Waals surface area contributed by atoms with Crippen molar-refractivity contribution in [2.75, 3.05) is 23.9 Å². The molecule has 1 aromatic heterocycles. The van der Waals surface area contributed by atoms with Gasteiger partial charge in [0.15, 0.2) is 0 Å². The maximum atomic E-state index is 6.29. The largest absolute Gasteiger partial charge is 0.397 e. The average molecular weight is 287 g/mol. The molecule has 0 radical (unpaired) electrons. The first-order chi connectivity index (χ1) is 9.74. The first-order valence-corrected chi connectivity index (χ1v) is 8.38. The number of rotatable bonds is 4. The van der Waals surface area contributed by atoms with Crippen molar-refractivity contribution in [1.29, 1.82) is 0 Å². The molecule has 20 heavy (non-hydrogen) atoms. The number of hydrogen-bond acceptors (Lipinski definition) is 4. The van der Waals surface area contributed by atoms with Crippen molar-refractivity contribution in [1.82, 2.24) is 4.98 Å². The highest BCUT2D eigenvalue weighted by Gasteiger charge is 2.32. The van der Waals surface area contributed by atoms with Crippen molar-refractivity contribution in [2.45, 2.75) is 30.4 Å². The molecule has 0 saturated heterocycles. The van der Waals surface area contributed by atoms with Gasteiger partial charge < -0.3 is 11.1 Å². The van der Waals surface area contributed by atoms with Gasteiger partial charge in [-0.1, -0.05) is 18.9 Å². The summed E-state index contributed by atoms with van der Waals surface area (Å²) in [6.07, 6.45) is 11.2. The Bertz CT molecular complexity index is 606. The van der Waals surface area contributed by atoms with Gasteiger partial charge in [0.05, 0.1) is 11.4 Å². The molecule has 1 fully saturated rings. The zero-order chi connectivity index (χ0) is 14.0. The van der Waals surface area contributed by atoms with E-state index in [9.17, 15) is 0 Å². The first kappa shape index (κ1) is 13.6. The number of anilines is 2. The minimum Gasteiger partial charge on any atom is -0.397 e. The third-order valence-electron chi connectivity index (χ3n) is 4.41. The number of hydrogen-bond donors (Lipinski definition) is 2. The molecular weight excluding hydrogens is 266 g/mol. The summed E-state index contributed by atoms with van der Waals surface area (Å²) in [5.41, 5.74) is 8.17. The molecule has 3 rings (SSSR count). The van der Waals surface area contributed by atoms with Crippen LogP contribution >= 0.6 is 11.8 Å². The Morgan fingerprint density at radius 3 is 2.85 bits per heavy atom. The van der Waals surface area contributed by atoms with Crippen LogP contribution in [0.1, 0.15) is 25.7 Å². The van der Waals surface area contributed by atoms with Crippen molar-refractivity contribution in [3.05, 3.63) is 30.6 Å². The maximum absolute atomic E-state index is 6.29. The highest BCUT2D eigenvalue weighted by atomic mass is 32.2. The van der Waals surface area contributed by atoms with E-state index in [1.807, 2.05) is 24.0 Å². The van der Waals surface area contributed by atoms with Gasteiger partial charge in [-0.05, 0) is 31.2 Å². The monoisotopic (exact) mass is 287 g/mol. The number of nitrogen functional groups attached to an aromatic ring is 1. The maximum Gasteiger partial charge on any atom is 0.0630 e. The molecule has 0 spiro atoms. The van der Waals surface area contributed by atoms with Crippen molar-refractivity contribution in [3.63, 3.8) is 0 Å². The fourth-order valence-electron chi connectivity index (χ4n) is 3.08. The van der Waals surface area contributed by atoms with E-state index < -0.39 is 0 Å². The topological polar surface area (TPSA) is 50.9 Å². The van der Waals surface area contributed by atoms with E-state index in [4.69, 9.17) is 5.73 Å². The van der Waals surface area contributed by atoms with Crippen LogP contribution in [-0.4, -0.2) is 22.5 Å². The van der Waals surface area contributed by atoms with Crippen molar-refractivity contribution in [3.8, 4) is 0 Å². The van der Waals surface area contributed by atoms with Gasteiger partial charge in [-0.15, -0.1) is 0 Å². The van der Waals surface area contributed by atoms with Crippen molar-refractivity contribution < 1.29 is 0 Å². The van der Waals surface area contributed by atoms with Crippen molar-refractivity contribution >= 4 is 33.9 Å². The van der Waals surface area contributed by atoms with E-state index in [2.05, 4.69) is 28.7 Å². The molecule has 1 heterocycles. The van der Waals surface area contributed by atoms with E-state index >= 15 is 0 Å². The molecule has 1 aromatic carbocycles. The summed E-state index contributed by atoms with van der Waals surface area (Å²) in [6.45, 7) is 0.995. The molecule has 0 atom stereocenters. The Morgan fingerprint density at radius 2 is 2.10 bits per heavy atom. The minimum absolute atomic E-state index is 0.389. The SMILES string of the molecule is CSC1(CNc2ccc3cnccc3c2N)CCCC1. The van der Waals surface area contributed by atoms with Gasteiger partial charge in [0.1, 0.15) is 0 Å². The van der Waals surface area contributed by atoms with E-state index in [0.29, 0.717) is 4.75 Å². The van der Waals surface area contributed by atoms with Crippen LogP contribution < -0.4 is 11.1 Å². The second-order valence-corrected chi connectivity index (χ2v) is 6.85. The fraction of sp³-hybridized carbons (Fsp3) is 0.438. The fourth-order valence-corrected chi connectivity index (χ4v) is 3.99. The van der Waals surface area contributed by atoms with Gasteiger partial charge in [-0.3, -0.25) is 4.98 Å². The number of aromatic nitrogens is 1. The number of nitrogens with zero attached hydrogens (tertiary/aromatic N) is 1. The molecule has 2 aromatic rings. The van der Waals surface area contributed by atoms with E-state index in [0.717, 1.165) is 28.7 Å². The van der Waals surface area contributed by atoms with E-state index in [1.54, 1.807) is 6.20 Å². The highest BCUT2D eigenvalue weighted by Crippen LogP contribution is 2.40. The molecule has 0 amide bonds. The van der Waals surface area contributed by atoms with E-state index in [1.165, 1.54) is 25.7 Å². The summed E-state index contributed by atoms with van der Waals surface area (Å²) >= 11 is 2.00. The average Bonchev–Trinajstić information content (AvgIpc) is 2.96. The Hall–Kier alpha value is -1.42. The lowest BCUT2D eigenvalue weighted by molar-refractivity contribution is 0.640. The second-order valence-electron chi connectivity index (χ2n) is 5.57. The molecular formula is C16H21N3S. The number of thioether (sulfide) groups is 1. The zero-order valence-electron chi connectivity index (χ0n) is 11.9. The molecule has 0 aliphatic heterocycles. The molecule has 4 heteroatoms. The van der Waals surface area contributed by atoms with Crippen LogP contribution in [0.3, 0.4) is 0 Å². The Morgan fingerprint density at radius 1 is 1.30 bits per heavy atom. The quantitative estimate of drug-likeness (QED) is 0.837. The third-order valence-corrected chi connectivity index (χ3v) is 5.83. The summed E-state index contributed by atoms with van der Waals surface area (Å²) in [4.78, 5) is 4.14. The van der Waals surface area contributed by atoms with Crippen LogP contribution in [0.15, 0.2) is 30.6 Å². The number of benzene rings is 1. The Kier molecular flexibility index (Phi) is 3.74. The molecule has 3 nitrogen and oxygen atoms in total. The van der Waals surface area contributed by atoms with Crippen LogP contribution in [-0.2, 0) is 0 Å². The van der Waals surface area contributed by atoms with Gasteiger partial charge in [0.2, 0.25) is 0 Å². The van der Waals surface area contributed by atoms with Gasteiger partial charge in [-0.25, -0.2) is 0 Å². The molecule has 3 N–H and O–H groups in total. The zero-order valence-corrected chi connectivity index (χ0v) is 12.7. The number of nitrogens with two attached hydrogens (primary N) is 1. The summed E-state index contributed by atoms with van der Waals surface area (Å²) in [6, 6.07) is 6.14. The summed E-state index contributed by atoms with van der Waals surface area (Å²) in [5, 5.41) is 5.74. The van der Waals surface area contributed by atoms with Crippen LogP contribution in [0.5, 0.6) is 0 Å². The summed E-state index contributed by atoms with van der Waals surface area (Å²) in [7, 11) is 0. The van der Waals surface area contributed by atoms with Crippen molar-refractivity contribution in [2.24, 2.45) is 0 Å². The molecule has 1 saturated carbocycles. The Labute approximate surface area is 124 Å². The smallest absolute Gasteiger partial charge is 0.0630 e. The number of fused-ring (bicyclic) bond motifs is 1. The molecule has 0 bridgehead atoms. The third kappa shape index (κ3) is 2.44. The second kappa shape index (κ2) is 5.52. The standard InChI is InChI=1S/C16H21N3S/c1-20-16(7-2-3-8-16)11-19-14-5-4-12-10-18-9-6-13(12)15(14)17/h4-6,9-10,19H,2-3,7-8,11,17H2,1H3. The Balaban J connectivity index is 1.82. The van der Waals surface area contributed by atoms with Gasteiger partial charge in [-0.2, -0.15) is 11.8 Å². The number of pyridine rings is 1. The predicted octanol–water partition coefficient (Wildman–Crippen LogP) is 3.90. The van der Waals surface area contributed by atoms with Crippen LogP contribution in [0.25, 0.3) is 10.8 Å². The molecule has 1 aliphatic rings.